The highest BCUT2D eigenvalue weighted by atomic mass is 19.4. The molecule has 0 bridgehead atoms. The van der Waals surface area contributed by atoms with Gasteiger partial charge in [-0.2, -0.15) is 13.2 Å². The third-order valence-corrected chi connectivity index (χ3v) is 2.28. The van der Waals surface area contributed by atoms with Crippen molar-refractivity contribution in [1.82, 2.24) is 0 Å². The van der Waals surface area contributed by atoms with Crippen molar-refractivity contribution in [3.63, 3.8) is 0 Å². The summed E-state index contributed by atoms with van der Waals surface area (Å²) in [6.07, 6.45) is -2.31. The molecule has 0 aliphatic heterocycles. The summed E-state index contributed by atoms with van der Waals surface area (Å²) in [6.45, 7) is 1.94. The maximum absolute atomic E-state index is 11.8. The van der Waals surface area contributed by atoms with E-state index in [-0.39, 0.29) is 0 Å². The first-order chi connectivity index (χ1) is 4.54. The molecule has 1 aliphatic rings. The third kappa shape index (κ3) is 1.44. The lowest BCUT2D eigenvalue weighted by Crippen LogP contribution is -2.35. The average Bonchev–Trinajstić information content (AvgIpc) is 1.57. The highest BCUT2D eigenvalue weighted by Gasteiger charge is 2.46. The Labute approximate surface area is 58.4 Å². The van der Waals surface area contributed by atoms with Crippen LogP contribution in [0.1, 0.15) is 26.2 Å². The molecule has 0 N–H and O–H groups in total. The topological polar surface area (TPSA) is 0 Å². The van der Waals surface area contributed by atoms with E-state index in [1.54, 1.807) is 0 Å². The van der Waals surface area contributed by atoms with E-state index in [4.69, 9.17) is 0 Å². The summed E-state index contributed by atoms with van der Waals surface area (Å²) in [7, 11) is 0. The van der Waals surface area contributed by atoms with Gasteiger partial charge in [-0.1, -0.05) is 13.3 Å². The summed E-state index contributed by atoms with van der Waals surface area (Å²) >= 11 is 0. The van der Waals surface area contributed by atoms with Gasteiger partial charge in [-0.25, -0.2) is 0 Å². The second-order valence-electron chi connectivity index (χ2n) is 2.98. The van der Waals surface area contributed by atoms with E-state index in [1.807, 2.05) is 6.92 Å². The van der Waals surface area contributed by atoms with E-state index < -0.39 is 12.1 Å². The van der Waals surface area contributed by atoms with Crippen molar-refractivity contribution in [2.45, 2.75) is 32.4 Å². The molecule has 10 heavy (non-hydrogen) atoms. The fourth-order valence-electron chi connectivity index (χ4n) is 1.34. The Bertz CT molecular complexity index is 111. The number of hydrogen-bond acceptors (Lipinski definition) is 0. The lowest BCUT2D eigenvalue weighted by molar-refractivity contribution is -0.204. The monoisotopic (exact) mass is 152 g/mol. The smallest absolute Gasteiger partial charge is 0.171 e. The molecule has 0 spiro atoms. The summed E-state index contributed by atoms with van der Waals surface area (Å²) < 4.78 is 35.4. The minimum absolute atomic E-state index is 0.339. The van der Waals surface area contributed by atoms with Crippen molar-refractivity contribution in [3.05, 3.63) is 0 Å². The van der Waals surface area contributed by atoms with E-state index in [0.29, 0.717) is 18.8 Å². The van der Waals surface area contributed by atoms with E-state index >= 15 is 0 Å². The first kappa shape index (κ1) is 7.89. The lowest BCUT2D eigenvalue weighted by Gasteiger charge is -2.35. The SMILES string of the molecule is CCC1CC(C(F)(F)F)C1. The summed E-state index contributed by atoms with van der Waals surface area (Å²) in [4.78, 5) is 0. The third-order valence-electron chi connectivity index (χ3n) is 2.28. The second kappa shape index (κ2) is 2.44. The molecule has 1 fully saturated rings. The predicted octanol–water partition coefficient (Wildman–Crippen LogP) is 2.98. The van der Waals surface area contributed by atoms with Gasteiger partial charge in [-0.15, -0.1) is 0 Å². The van der Waals surface area contributed by atoms with Crippen LogP contribution in [-0.2, 0) is 0 Å². The molecule has 0 atom stereocenters. The van der Waals surface area contributed by atoms with Crippen molar-refractivity contribution in [3.8, 4) is 0 Å². The molecule has 0 aromatic heterocycles. The molecule has 0 unspecified atom stereocenters. The largest absolute Gasteiger partial charge is 0.391 e. The Balaban J connectivity index is 2.26. The Morgan fingerprint density at radius 1 is 1.30 bits per heavy atom. The van der Waals surface area contributed by atoms with Crippen molar-refractivity contribution < 1.29 is 13.2 Å². The van der Waals surface area contributed by atoms with Gasteiger partial charge in [0, 0.05) is 0 Å². The molecular formula is C7H11F3. The maximum Gasteiger partial charge on any atom is 0.391 e. The Morgan fingerprint density at radius 2 is 1.80 bits per heavy atom. The fraction of sp³-hybridized carbons (Fsp3) is 1.00. The molecule has 1 rings (SSSR count). The number of alkyl halides is 3. The highest BCUT2D eigenvalue weighted by molar-refractivity contribution is 4.83. The van der Waals surface area contributed by atoms with Gasteiger partial charge in [0.05, 0.1) is 5.92 Å². The second-order valence-corrected chi connectivity index (χ2v) is 2.98. The first-order valence-corrected chi connectivity index (χ1v) is 3.60. The quantitative estimate of drug-likeness (QED) is 0.541. The van der Waals surface area contributed by atoms with Crippen LogP contribution in [0.3, 0.4) is 0 Å². The van der Waals surface area contributed by atoms with Gasteiger partial charge in [-0.3, -0.25) is 0 Å². The van der Waals surface area contributed by atoms with Crippen LogP contribution >= 0.6 is 0 Å². The van der Waals surface area contributed by atoms with Crippen molar-refractivity contribution in [1.29, 1.82) is 0 Å². The normalized spacial score (nSPS) is 33.6. The molecule has 0 aromatic rings. The Morgan fingerprint density at radius 3 is 2.10 bits per heavy atom. The molecule has 0 amide bonds. The number of halogens is 3. The van der Waals surface area contributed by atoms with Crippen LogP contribution in [0.5, 0.6) is 0 Å². The lowest BCUT2D eigenvalue weighted by atomic mass is 9.73. The van der Waals surface area contributed by atoms with E-state index in [0.717, 1.165) is 6.42 Å². The molecular weight excluding hydrogens is 141 g/mol. The van der Waals surface area contributed by atoms with Crippen LogP contribution in [0.25, 0.3) is 0 Å². The van der Waals surface area contributed by atoms with Gasteiger partial charge in [0.2, 0.25) is 0 Å². The molecule has 0 heterocycles. The fourth-order valence-corrected chi connectivity index (χ4v) is 1.34. The van der Waals surface area contributed by atoms with Crippen LogP contribution in [0.2, 0.25) is 0 Å². The van der Waals surface area contributed by atoms with Crippen molar-refractivity contribution in [2.75, 3.05) is 0 Å². The van der Waals surface area contributed by atoms with Crippen molar-refractivity contribution in [2.24, 2.45) is 11.8 Å². The summed E-state index contributed by atoms with van der Waals surface area (Å²) in [6, 6.07) is 0. The Hall–Kier alpha value is -0.210. The highest BCUT2D eigenvalue weighted by Crippen LogP contribution is 2.45. The molecule has 0 radical (unpaired) electrons. The zero-order valence-electron chi connectivity index (χ0n) is 5.91. The first-order valence-electron chi connectivity index (χ1n) is 3.60. The van der Waals surface area contributed by atoms with E-state index in [2.05, 4.69) is 0 Å². The van der Waals surface area contributed by atoms with E-state index in [1.165, 1.54) is 0 Å². The standard InChI is InChI=1S/C7H11F3/c1-2-5-3-6(4-5)7(8,9)10/h5-6H,2-4H2,1H3. The molecule has 60 valence electrons. The van der Waals surface area contributed by atoms with Gasteiger partial charge in [-0.05, 0) is 18.8 Å². The minimum Gasteiger partial charge on any atom is -0.171 e. The predicted molar refractivity (Wildman–Crippen MR) is 32.6 cm³/mol. The number of hydrogen-bond donors (Lipinski definition) is 0. The Kier molecular flexibility index (Phi) is 1.92. The molecule has 3 heteroatoms. The summed E-state index contributed by atoms with van der Waals surface area (Å²) in [5.74, 6) is -0.649. The van der Waals surface area contributed by atoms with Gasteiger partial charge in [0.25, 0.3) is 0 Å². The molecule has 1 aliphatic carbocycles. The van der Waals surface area contributed by atoms with Gasteiger partial charge in [0.1, 0.15) is 0 Å². The van der Waals surface area contributed by atoms with E-state index in [9.17, 15) is 13.2 Å². The zero-order chi connectivity index (χ0) is 7.78. The molecule has 0 saturated heterocycles. The van der Waals surface area contributed by atoms with Gasteiger partial charge in [0.15, 0.2) is 0 Å². The van der Waals surface area contributed by atoms with Gasteiger partial charge >= 0.3 is 6.18 Å². The van der Waals surface area contributed by atoms with Crippen molar-refractivity contribution >= 4 is 0 Å². The van der Waals surface area contributed by atoms with Gasteiger partial charge < -0.3 is 0 Å². The maximum atomic E-state index is 11.8. The molecule has 0 nitrogen and oxygen atoms in total. The number of rotatable bonds is 1. The molecule has 0 aromatic carbocycles. The minimum atomic E-state index is -3.92. The average molecular weight is 152 g/mol. The van der Waals surface area contributed by atoms with Crippen LogP contribution in [0.15, 0.2) is 0 Å². The molecule has 1 saturated carbocycles. The zero-order valence-corrected chi connectivity index (χ0v) is 5.91. The van der Waals surface area contributed by atoms with Crippen LogP contribution < -0.4 is 0 Å². The van der Waals surface area contributed by atoms with Crippen LogP contribution in [-0.4, -0.2) is 6.18 Å². The summed E-state index contributed by atoms with van der Waals surface area (Å²) in [5, 5.41) is 0. The van der Waals surface area contributed by atoms with Crippen LogP contribution in [0, 0.1) is 11.8 Å². The van der Waals surface area contributed by atoms with Crippen LogP contribution in [0.4, 0.5) is 13.2 Å². The summed E-state index contributed by atoms with van der Waals surface area (Å²) in [5.41, 5.74) is 0.